The van der Waals surface area contributed by atoms with Crippen molar-refractivity contribution < 1.29 is 18.0 Å². The molecule has 0 aliphatic rings. The fraction of sp³-hybridized carbons (Fsp3) is 0.150. The van der Waals surface area contributed by atoms with Crippen LogP contribution in [-0.2, 0) is 6.18 Å². The van der Waals surface area contributed by atoms with Gasteiger partial charge in [-0.1, -0.05) is 30.3 Å². The van der Waals surface area contributed by atoms with Crippen molar-refractivity contribution in [3.63, 3.8) is 0 Å². The Labute approximate surface area is 159 Å². The second-order valence-corrected chi connectivity index (χ2v) is 5.88. The van der Waals surface area contributed by atoms with E-state index >= 15 is 0 Å². The highest BCUT2D eigenvalue weighted by molar-refractivity contribution is 6.00. The lowest BCUT2D eigenvalue weighted by Gasteiger charge is -2.12. The van der Waals surface area contributed by atoms with Gasteiger partial charge in [-0.15, -0.1) is 0 Å². The first-order chi connectivity index (χ1) is 13.4. The number of benzene rings is 2. The maximum Gasteiger partial charge on any atom is 0.416 e. The van der Waals surface area contributed by atoms with Crippen molar-refractivity contribution in [3.8, 4) is 11.1 Å². The van der Waals surface area contributed by atoms with Crippen molar-refractivity contribution in [1.82, 2.24) is 15.3 Å². The largest absolute Gasteiger partial charge is 0.416 e. The van der Waals surface area contributed by atoms with E-state index in [4.69, 9.17) is 0 Å². The molecular formula is C20H17F3N4O. The minimum absolute atomic E-state index is 0.314. The Hall–Kier alpha value is -3.42. The van der Waals surface area contributed by atoms with E-state index < -0.39 is 11.7 Å². The third-order valence-corrected chi connectivity index (χ3v) is 3.95. The van der Waals surface area contributed by atoms with Gasteiger partial charge in [0.2, 0.25) is 5.95 Å². The number of halogens is 3. The van der Waals surface area contributed by atoms with Crippen molar-refractivity contribution in [1.29, 1.82) is 0 Å². The summed E-state index contributed by atoms with van der Waals surface area (Å²) < 4.78 is 38.2. The minimum atomic E-state index is -4.40. The average molecular weight is 386 g/mol. The smallest absolute Gasteiger partial charge is 0.352 e. The number of amides is 1. The van der Waals surface area contributed by atoms with Crippen molar-refractivity contribution in [2.24, 2.45) is 0 Å². The van der Waals surface area contributed by atoms with Crippen molar-refractivity contribution in [2.45, 2.75) is 6.18 Å². The molecular weight excluding hydrogens is 369 g/mol. The molecule has 0 unspecified atom stereocenters. The highest BCUT2D eigenvalue weighted by Crippen LogP contribution is 2.31. The number of hydrogen-bond acceptors (Lipinski definition) is 4. The highest BCUT2D eigenvalue weighted by atomic mass is 19.4. The molecule has 1 heterocycles. The summed E-state index contributed by atoms with van der Waals surface area (Å²) in [5.41, 5.74) is 0.758. The molecule has 3 rings (SSSR count). The van der Waals surface area contributed by atoms with Crippen molar-refractivity contribution in [3.05, 3.63) is 78.1 Å². The zero-order valence-electron chi connectivity index (χ0n) is 14.7. The van der Waals surface area contributed by atoms with Crippen molar-refractivity contribution in [2.75, 3.05) is 18.4 Å². The molecule has 0 radical (unpaired) electrons. The number of aromatic nitrogens is 2. The van der Waals surface area contributed by atoms with Gasteiger partial charge in [0.25, 0.3) is 5.91 Å². The topological polar surface area (TPSA) is 66.9 Å². The predicted molar refractivity (Wildman–Crippen MR) is 99.7 cm³/mol. The predicted octanol–water partition coefficient (Wildman–Crippen LogP) is 4.00. The average Bonchev–Trinajstić information content (AvgIpc) is 2.71. The number of hydrogen-bond donors (Lipinski definition) is 2. The molecule has 28 heavy (non-hydrogen) atoms. The molecule has 0 atom stereocenters. The molecule has 3 aromatic rings. The van der Waals surface area contributed by atoms with Gasteiger partial charge >= 0.3 is 6.18 Å². The van der Waals surface area contributed by atoms with E-state index in [9.17, 15) is 18.0 Å². The van der Waals surface area contributed by atoms with Crippen LogP contribution < -0.4 is 10.6 Å². The second kappa shape index (κ2) is 8.51. The molecule has 0 bridgehead atoms. The number of nitrogens with zero attached hydrogens (tertiary/aromatic N) is 2. The van der Waals surface area contributed by atoms with Gasteiger partial charge in [-0.3, -0.25) is 4.79 Å². The Bertz CT molecular complexity index is 928. The normalized spacial score (nSPS) is 11.1. The molecule has 2 N–H and O–H groups in total. The number of carbonyl (C=O) groups is 1. The summed E-state index contributed by atoms with van der Waals surface area (Å²) in [5, 5.41) is 5.75. The summed E-state index contributed by atoms with van der Waals surface area (Å²) in [6.07, 6.45) is -1.19. The Morgan fingerprint density at radius 3 is 2.25 bits per heavy atom. The Morgan fingerprint density at radius 2 is 1.57 bits per heavy atom. The van der Waals surface area contributed by atoms with E-state index in [1.807, 2.05) is 0 Å². The monoisotopic (exact) mass is 386 g/mol. The zero-order chi connectivity index (χ0) is 20.0. The Balaban J connectivity index is 1.67. The Kier molecular flexibility index (Phi) is 5.88. The van der Waals surface area contributed by atoms with Crippen molar-refractivity contribution >= 4 is 11.9 Å². The number of carbonyl (C=O) groups excluding carboxylic acids is 1. The van der Waals surface area contributed by atoms with Gasteiger partial charge in [0.15, 0.2) is 0 Å². The fourth-order valence-corrected chi connectivity index (χ4v) is 2.61. The molecule has 144 valence electrons. The molecule has 1 amide bonds. The summed E-state index contributed by atoms with van der Waals surface area (Å²) in [4.78, 5) is 20.6. The van der Waals surface area contributed by atoms with Crippen LogP contribution in [-0.4, -0.2) is 29.0 Å². The molecule has 8 heteroatoms. The standard InChI is InChI=1S/C20H17F3N4O/c21-20(22,23)15-8-6-14(7-9-15)16-4-1-2-5-17(16)18(28)24-12-13-27-19-25-10-3-11-26-19/h1-11H,12-13H2,(H,24,28)(H,25,26,27). The van der Waals surface area contributed by atoms with Crippen LogP contribution in [0.2, 0.25) is 0 Å². The van der Waals surface area contributed by atoms with Gasteiger partial charge in [-0.2, -0.15) is 13.2 Å². The van der Waals surface area contributed by atoms with Gasteiger partial charge in [0.1, 0.15) is 0 Å². The maximum absolute atomic E-state index is 12.7. The van der Waals surface area contributed by atoms with Crippen LogP contribution in [0.4, 0.5) is 19.1 Å². The molecule has 0 saturated carbocycles. The molecule has 5 nitrogen and oxygen atoms in total. The zero-order valence-corrected chi connectivity index (χ0v) is 14.7. The molecule has 1 aromatic heterocycles. The summed E-state index contributed by atoms with van der Waals surface area (Å²) in [6.45, 7) is 0.761. The molecule has 0 saturated heterocycles. The number of alkyl halides is 3. The minimum Gasteiger partial charge on any atom is -0.352 e. The van der Waals surface area contributed by atoms with Gasteiger partial charge in [-0.05, 0) is 35.4 Å². The molecule has 0 fully saturated rings. The second-order valence-electron chi connectivity index (χ2n) is 5.88. The summed E-state index contributed by atoms with van der Waals surface area (Å²) in [6, 6.07) is 13.2. The molecule has 0 aliphatic heterocycles. The lowest BCUT2D eigenvalue weighted by atomic mass is 9.98. The number of rotatable bonds is 6. The van der Waals surface area contributed by atoms with E-state index in [-0.39, 0.29) is 5.91 Å². The summed E-state index contributed by atoms with van der Waals surface area (Å²) >= 11 is 0. The summed E-state index contributed by atoms with van der Waals surface area (Å²) in [5.74, 6) is 0.146. The van der Waals surface area contributed by atoms with Crippen LogP contribution in [0.15, 0.2) is 67.0 Å². The van der Waals surface area contributed by atoms with Crippen LogP contribution in [0, 0.1) is 0 Å². The van der Waals surface area contributed by atoms with Crippen LogP contribution in [0.25, 0.3) is 11.1 Å². The highest BCUT2D eigenvalue weighted by Gasteiger charge is 2.30. The molecule has 0 aliphatic carbocycles. The van der Waals surface area contributed by atoms with Gasteiger partial charge in [0.05, 0.1) is 5.56 Å². The lowest BCUT2D eigenvalue weighted by Crippen LogP contribution is -2.29. The lowest BCUT2D eigenvalue weighted by molar-refractivity contribution is -0.137. The summed E-state index contributed by atoms with van der Waals surface area (Å²) in [7, 11) is 0. The first-order valence-corrected chi connectivity index (χ1v) is 8.51. The first kappa shape index (κ1) is 19.3. The van der Waals surface area contributed by atoms with Gasteiger partial charge in [0, 0.05) is 31.0 Å². The SMILES string of the molecule is O=C(NCCNc1ncccn1)c1ccccc1-c1ccc(C(F)(F)F)cc1. The van der Waals surface area contributed by atoms with E-state index in [1.165, 1.54) is 12.1 Å². The number of anilines is 1. The third-order valence-electron chi connectivity index (χ3n) is 3.95. The van der Waals surface area contributed by atoms with E-state index in [2.05, 4.69) is 20.6 Å². The molecule has 2 aromatic carbocycles. The van der Waals surface area contributed by atoms with Crippen LogP contribution in [0.3, 0.4) is 0 Å². The van der Waals surface area contributed by atoms with Crippen LogP contribution in [0.5, 0.6) is 0 Å². The van der Waals surface area contributed by atoms with E-state index in [0.717, 1.165) is 12.1 Å². The van der Waals surface area contributed by atoms with Crippen LogP contribution >= 0.6 is 0 Å². The third kappa shape index (κ3) is 4.85. The van der Waals surface area contributed by atoms with Gasteiger partial charge in [-0.25, -0.2) is 9.97 Å². The molecule has 0 spiro atoms. The van der Waals surface area contributed by atoms with Gasteiger partial charge < -0.3 is 10.6 Å². The van der Waals surface area contributed by atoms with E-state index in [0.29, 0.717) is 35.7 Å². The fourth-order valence-electron chi connectivity index (χ4n) is 2.61. The maximum atomic E-state index is 12.7. The first-order valence-electron chi connectivity index (χ1n) is 8.51. The van der Waals surface area contributed by atoms with Crippen LogP contribution in [0.1, 0.15) is 15.9 Å². The number of nitrogens with one attached hydrogen (secondary N) is 2. The quantitative estimate of drug-likeness (QED) is 0.629. The Morgan fingerprint density at radius 1 is 0.893 bits per heavy atom. The van der Waals surface area contributed by atoms with E-state index in [1.54, 1.807) is 42.7 Å².